The topological polar surface area (TPSA) is 101 Å². The van der Waals surface area contributed by atoms with Gasteiger partial charge in [-0.1, -0.05) is 25.5 Å². The summed E-state index contributed by atoms with van der Waals surface area (Å²) in [6.07, 6.45) is 2.39. The van der Waals surface area contributed by atoms with E-state index in [0.717, 1.165) is 12.6 Å². The molecule has 0 saturated carbocycles. The molecule has 0 aliphatic carbocycles. The Hall–Kier alpha value is -1.11. The number of phenols is 1. The summed E-state index contributed by atoms with van der Waals surface area (Å²) in [4.78, 5) is -0.472. The van der Waals surface area contributed by atoms with Gasteiger partial charge in [-0.15, -0.1) is 0 Å². The van der Waals surface area contributed by atoms with Crippen LogP contribution in [-0.2, 0) is 10.1 Å². The summed E-state index contributed by atoms with van der Waals surface area (Å²) in [5, 5.41) is 8.91. The van der Waals surface area contributed by atoms with Gasteiger partial charge in [0.25, 0.3) is 10.1 Å². The van der Waals surface area contributed by atoms with Gasteiger partial charge >= 0.3 is 0 Å². The van der Waals surface area contributed by atoms with Crippen LogP contribution < -0.4 is 5.73 Å². The molecule has 0 fully saturated rings. The number of para-hydroxylation sites is 1. The van der Waals surface area contributed by atoms with Crippen molar-refractivity contribution in [3.05, 3.63) is 24.3 Å². The van der Waals surface area contributed by atoms with E-state index in [1.54, 1.807) is 0 Å². The minimum atomic E-state index is -4.28. The van der Waals surface area contributed by atoms with Crippen LogP contribution in [0.5, 0.6) is 5.75 Å². The second-order valence-corrected chi connectivity index (χ2v) is 4.47. The fourth-order valence-corrected chi connectivity index (χ4v) is 1.46. The van der Waals surface area contributed by atoms with E-state index in [1.165, 1.54) is 31.0 Å². The molecule has 5 nitrogen and oxygen atoms in total. The number of phenolic OH excluding ortho intramolecular Hbond substituents is 1. The fraction of sp³-hybridized carbons (Fsp3) is 0.400. The molecule has 1 aromatic rings. The van der Waals surface area contributed by atoms with E-state index < -0.39 is 20.8 Å². The highest BCUT2D eigenvalue weighted by Gasteiger charge is 2.12. The van der Waals surface area contributed by atoms with Crippen molar-refractivity contribution < 1.29 is 18.1 Å². The summed E-state index contributed by atoms with van der Waals surface area (Å²) in [6.45, 7) is 2.98. The third kappa shape index (κ3) is 5.69. The SMILES string of the molecule is CCCCN.O=S(=O)(O)c1ccccc1O. The molecule has 0 unspecified atom stereocenters. The molecule has 0 aliphatic heterocycles. The molecule has 16 heavy (non-hydrogen) atoms. The highest BCUT2D eigenvalue weighted by Crippen LogP contribution is 2.20. The summed E-state index contributed by atoms with van der Waals surface area (Å²) in [7, 11) is -4.28. The van der Waals surface area contributed by atoms with Crippen LogP contribution in [0.4, 0.5) is 0 Å². The smallest absolute Gasteiger partial charge is 0.298 e. The lowest BCUT2D eigenvalue weighted by Crippen LogP contribution is -1.97. The van der Waals surface area contributed by atoms with Crippen molar-refractivity contribution in [2.75, 3.05) is 6.54 Å². The van der Waals surface area contributed by atoms with Gasteiger partial charge in [-0.05, 0) is 25.1 Å². The fourth-order valence-electron chi connectivity index (χ4n) is 0.879. The summed E-state index contributed by atoms with van der Waals surface area (Å²) in [6, 6.07) is 5.17. The maximum Gasteiger partial charge on any atom is 0.298 e. The van der Waals surface area contributed by atoms with Crippen LogP contribution in [0.3, 0.4) is 0 Å². The Labute approximate surface area is 95.7 Å². The zero-order valence-electron chi connectivity index (χ0n) is 9.13. The summed E-state index contributed by atoms with van der Waals surface area (Å²) in [5.74, 6) is -0.449. The molecule has 0 spiro atoms. The minimum Gasteiger partial charge on any atom is -0.506 e. The van der Waals surface area contributed by atoms with E-state index >= 15 is 0 Å². The van der Waals surface area contributed by atoms with E-state index in [-0.39, 0.29) is 0 Å². The standard InChI is InChI=1S/C6H6O4S.C4H11N/c7-5-3-1-2-4-6(5)11(8,9)10;1-2-3-4-5/h1-4,7H,(H,8,9,10);2-5H2,1H3. The quantitative estimate of drug-likeness (QED) is 0.701. The van der Waals surface area contributed by atoms with Crippen molar-refractivity contribution in [1.82, 2.24) is 0 Å². The monoisotopic (exact) mass is 247 g/mol. The zero-order valence-corrected chi connectivity index (χ0v) is 9.94. The zero-order chi connectivity index (χ0) is 12.6. The maximum absolute atomic E-state index is 10.4. The Morgan fingerprint density at radius 1 is 1.31 bits per heavy atom. The van der Waals surface area contributed by atoms with Crippen LogP contribution in [0.1, 0.15) is 19.8 Å². The van der Waals surface area contributed by atoms with Crippen molar-refractivity contribution in [1.29, 1.82) is 0 Å². The lowest BCUT2D eigenvalue weighted by atomic mass is 10.3. The van der Waals surface area contributed by atoms with Gasteiger partial charge < -0.3 is 10.8 Å². The number of aromatic hydroxyl groups is 1. The molecule has 0 aromatic heterocycles. The molecular formula is C10H17NO4S. The molecule has 92 valence electrons. The van der Waals surface area contributed by atoms with Gasteiger partial charge in [0.15, 0.2) is 0 Å². The number of hydrogen-bond donors (Lipinski definition) is 3. The van der Waals surface area contributed by atoms with E-state index in [2.05, 4.69) is 6.92 Å². The maximum atomic E-state index is 10.4. The third-order valence-corrected chi connectivity index (χ3v) is 2.60. The van der Waals surface area contributed by atoms with Gasteiger partial charge in [-0.3, -0.25) is 4.55 Å². The van der Waals surface area contributed by atoms with E-state index in [4.69, 9.17) is 15.4 Å². The van der Waals surface area contributed by atoms with Crippen molar-refractivity contribution in [2.24, 2.45) is 5.73 Å². The largest absolute Gasteiger partial charge is 0.506 e. The first kappa shape index (κ1) is 14.9. The van der Waals surface area contributed by atoms with Gasteiger partial charge in [0.05, 0.1) is 0 Å². The average Bonchev–Trinajstić information content (AvgIpc) is 2.19. The van der Waals surface area contributed by atoms with Gasteiger partial charge in [0.1, 0.15) is 10.6 Å². The van der Waals surface area contributed by atoms with Crippen molar-refractivity contribution in [3.8, 4) is 5.75 Å². The molecule has 1 aromatic carbocycles. The molecule has 0 aliphatic rings. The Kier molecular flexibility index (Phi) is 6.71. The Bertz CT molecular complexity index is 401. The first-order chi connectivity index (χ1) is 7.43. The molecular weight excluding hydrogens is 230 g/mol. The molecule has 6 heteroatoms. The first-order valence-corrected chi connectivity index (χ1v) is 6.33. The van der Waals surface area contributed by atoms with Crippen molar-refractivity contribution in [2.45, 2.75) is 24.7 Å². The Balaban J connectivity index is 0.000000385. The molecule has 0 atom stereocenters. The molecule has 0 amide bonds. The number of rotatable bonds is 3. The second-order valence-electron chi connectivity index (χ2n) is 3.09. The number of hydrogen-bond acceptors (Lipinski definition) is 4. The van der Waals surface area contributed by atoms with Crippen LogP contribution in [0, 0.1) is 0 Å². The lowest BCUT2D eigenvalue weighted by Gasteiger charge is -1.97. The number of benzene rings is 1. The third-order valence-electron chi connectivity index (χ3n) is 1.70. The average molecular weight is 247 g/mol. The van der Waals surface area contributed by atoms with Crippen molar-refractivity contribution >= 4 is 10.1 Å². The van der Waals surface area contributed by atoms with E-state index in [0.29, 0.717) is 0 Å². The van der Waals surface area contributed by atoms with Gasteiger partial charge in [0, 0.05) is 0 Å². The van der Waals surface area contributed by atoms with Crippen LogP contribution in [0.15, 0.2) is 29.2 Å². The van der Waals surface area contributed by atoms with Crippen LogP contribution in [0.2, 0.25) is 0 Å². The lowest BCUT2D eigenvalue weighted by molar-refractivity contribution is 0.443. The molecule has 0 heterocycles. The highest BCUT2D eigenvalue weighted by molar-refractivity contribution is 7.86. The minimum absolute atomic E-state index is 0.449. The van der Waals surface area contributed by atoms with E-state index in [1.807, 2.05) is 0 Å². The Morgan fingerprint density at radius 2 is 1.88 bits per heavy atom. The van der Waals surface area contributed by atoms with Crippen molar-refractivity contribution in [3.63, 3.8) is 0 Å². The van der Waals surface area contributed by atoms with Crippen LogP contribution >= 0.6 is 0 Å². The molecule has 0 bridgehead atoms. The van der Waals surface area contributed by atoms with Crippen LogP contribution in [0.25, 0.3) is 0 Å². The second kappa shape index (κ2) is 7.21. The molecule has 0 radical (unpaired) electrons. The van der Waals surface area contributed by atoms with Gasteiger partial charge in [0.2, 0.25) is 0 Å². The van der Waals surface area contributed by atoms with Crippen LogP contribution in [-0.4, -0.2) is 24.6 Å². The Morgan fingerprint density at radius 3 is 2.12 bits per heavy atom. The normalized spacial score (nSPS) is 10.4. The predicted molar refractivity (Wildman–Crippen MR) is 61.9 cm³/mol. The summed E-state index contributed by atoms with van der Waals surface area (Å²) >= 11 is 0. The number of nitrogens with two attached hydrogens (primary N) is 1. The molecule has 0 saturated heterocycles. The molecule has 4 N–H and O–H groups in total. The van der Waals surface area contributed by atoms with Gasteiger partial charge in [-0.2, -0.15) is 8.42 Å². The molecule has 1 rings (SSSR count). The van der Waals surface area contributed by atoms with Gasteiger partial charge in [-0.25, -0.2) is 0 Å². The summed E-state index contributed by atoms with van der Waals surface area (Å²) < 4.78 is 29.4. The van der Waals surface area contributed by atoms with E-state index in [9.17, 15) is 8.42 Å². The summed E-state index contributed by atoms with van der Waals surface area (Å²) in [5.41, 5.74) is 5.14. The highest BCUT2D eigenvalue weighted by atomic mass is 32.2. The predicted octanol–water partition coefficient (Wildman–Crippen LogP) is 1.38. The number of unbranched alkanes of at least 4 members (excludes halogenated alkanes) is 1. The first-order valence-electron chi connectivity index (χ1n) is 4.89.